The molecule has 1 N–H and O–H groups in total. The SMILES string of the molecule is CCCCCCCCCCCCN[C@H](C)c1ccccc1. The lowest BCUT2D eigenvalue weighted by Crippen LogP contribution is -2.19. The first-order valence-corrected chi connectivity index (χ1v) is 9.13. The Hall–Kier alpha value is -0.820. The van der Waals surface area contributed by atoms with Gasteiger partial charge in [-0.05, 0) is 25.5 Å². The lowest BCUT2D eigenvalue weighted by Gasteiger charge is -2.13. The van der Waals surface area contributed by atoms with E-state index in [0.29, 0.717) is 6.04 Å². The minimum Gasteiger partial charge on any atom is -0.310 e. The average molecular weight is 290 g/mol. The largest absolute Gasteiger partial charge is 0.310 e. The van der Waals surface area contributed by atoms with Crippen LogP contribution in [0.25, 0.3) is 0 Å². The Morgan fingerprint density at radius 2 is 1.29 bits per heavy atom. The van der Waals surface area contributed by atoms with Crippen LogP contribution in [0.1, 0.15) is 89.7 Å². The maximum absolute atomic E-state index is 3.62. The zero-order valence-electron chi connectivity index (χ0n) is 14.2. The molecule has 1 aromatic rings. The van der Waals surface area contributed by atoms with E-state index in [1.54, 1.807) is 0 Å². The molecule has 1 aromatic carbocycles. The van der Waals surface area contributed by atoms with E-state index in [4.69, 9.17) is 0 Å². The van der Waals surface area contributed by atoms with Crippen molar-refractivity contribution in [3.05, 3.63) is 35.9 Å². The van der Waals surface area contributed by atoms with Gasteiger partial charge in [0, 0.05) is 6.04 Å². The highest BCUT2D eigenvalue weighted by Gasteiger charge is 2.02. The summed E-state index contributed by atoms with van der Waals surface area (Å²) in [6.07, 6.45) is 14.1. The number of hydrogen-bond acceptors (Lipinski definition) is 1. The molecule has 21 heavy (non-hydrogen) atoms. The van der Waals surface area contributed by atoms with E-state index in [2.05, 4.69) is 49.5 Å². The Balaban J connectivity index is 1.86. The zero-order valence-corrected chi connectivity index (χ0v) is 14.2. The molecule has 0 aromatic heterocycles. The zero-order chi connectivity index (χ0) is 15.2. The molecule has 0 unspecified atom stereocenters. The Kier molecular flexibility index (Phi) is 11.2. The lowest BCUT2D eigenvalue weighted by molar-refractivity contribution is 0.518. The van der Waals surface area contributed by atoms with E-state index in [0.717, 1.165) is 6.54 Å². The molecule has 1 atom stereocenters. The second-order valence-corrected chi connectivity index (χ2v) is 6.27. The van der Waals surface area contributed by atoms with Crippen LogP contribution in [-0.4, -0.2) is 6.54 Å². The fourth-order valence-corrected chi connectivity index (χ4v) is 2.79. The molecule has 1 rings (SSSR count). The van der Waals surface area contributed by atoms with Crippen molar-refractivity contribution in [1.82, 2.24) is 5.32 Å². The van der Waals surface area contributed by atoms with E-state index in [1.165, 1.54) is 69.8 Å². The highest BCUT2D eigenvalue weighted by molar-refractivity contribution is 5.17. The second-order valence-electron chi connectivity index (χ2n) is 6.27. The van der Waals surface area contributed by atoms with E-state index in [1.807, 2.05) is 0 Å². The van der Waals surface area contributed by atoms with Crippen molar-refractivity contribution >= 4 is 0 Å². The van der Waals surface area contributed by atoms with E-state index >= 15 is 0 Å². The average Bonchev–Trinajstić information content (AvgIpc) is 2.53. The van der Waals surface area contributed by atoms with Crippen molar-refractivity contribution in [3.8, 4) is 0 Å². The van der Waals surface area contributed by atoms with E-state index in [-0.39, 0.29) is 0 Å². The molecule has 1 heteroatoms. The summed E-state index contributed by atoms with van der Waals surface area (Å²) in [6, 6.07) is 11.2. The molecular formula is C20H35N. The first-order valence-electron chi connectivity index (χ1n) is 9.13. The van der Waals surface area contributed by atoms with Crippen LogP contribution in [0.4, 0.5) is 0 Å². The van der Waals surface area contributed by atoms with Crippen molar-refractivity contribution in [2.45, 2.75) is 84.1 Å². The first-order chi connectivity index (χ1) is 10.3. The fourth-order valence-electron chi connectivity index (χ4n) is 2.79. The Labute approximate surface area is 132 Å². The summed E-state index contributed by atoms with van der Waals surface area (Å²) < 4.78 is 0. The van der Waals surface area contributed by atoms with Crippen molar-refractivity contribution < 1.29 is 0 Å². The molecule has 0 amide bonds. The number of unbranched alkanes of at least 4 members (excludes halogenated alkanes) is 9. The molecular weight excluding hydrogens is 254 g/mol. The normalized spacial score (nSPS) is 12.5. The standard InChI is InChI=1S/C20H35N/c1-3-4-5-6-7-8-9-10-11-15-18-21-19(2)20-16-13-12-14-17-20/h12-14,16-17,19,21H,3-11,15,18H2,1-2H3/t19-/m1/s1. The summed E-state index contributed by atoms with van der Waals surface area (Å²) in [7, 11) is 0. The molecule has 1 nitrogen and oxygen atoms in total. The molecule has 0 aliphatic carbocycles. The maximum atomic E-state index is 3.62. The first kappa shape index (κ1) is 18.2. The highest BCUT2D eigenvalue weighted by atomic mass is 14.9. The molecule has 0 spiro atoms. The molecule has 0 bridgehead atoms. The van der Waals surface area contributed by atoms with Gasteiger partial charge in [0.15, 0.2) is 0 Å². The number of nitrogens with one attached hydrogen (secondary N) is 1. The summed E-state index contributed by atoms with van der Waals surface area (Å²) in [4.78, 5) is 0. The van der Waals surface area contributed by atoms with Gasteiger partial charge in [-0.1, -0.05) is 95.0 Å². The third-order valence-electron chi connectivity index (χ3n) is 4.28. The predicted molar refractivity (Wildman–Crippen MR) is 94.7 cm³/mol. The molecule has 0 radical (unpaired) electrons. The highest BCUT2D eigenvalue weighted by Crippen LogP contribution is 2.12. The van der Waals surface area contributed by atoms with Gasteiger partial charge in [0.2, 0.25) is 0 Å². The number of rotatable bonds is 13. The Morgan fingerprint density at radius 1 is 0.762 bits per heavy atom. The van der Waals surface area contributed by atoms with Gasteiger partial charge in [-0.3, -0.25) is 0 Å². The van der Waals surface area contributed by atoms with Gasteiger partial charge < -0.3 is 5.32 Å². The van der Waals surface area contributed by atoms with Crippen LogP contribution in [0.15, 0.2) is 30.3 Å². The monoisotopic (exact) mass is 289 g/mol. The van der Waals surface area contributed by atoms with Gasteiger partial charge in [-0.15, -0.1) is 0 Å². The van der Waals surface area contributed by atoms with Gasteiger partial charge in [0.05, 0.1) is 0 Å². The number of hydrogen-bond donors (Lipinski definition) is 1. The predicted octanol–water partition coefficient (Wildman–Crippen LogP) is 6.26. The van der Waals surface area contributed by atoms with E-state index < -0.39 is 0 Å². The smallest absolute Gasteiger partial charge is 0.0291 e. The van der Waals surface area contributed by atoms with Crippen LogP contribution in [0.5, 0.6) is 0 Å². The van der Waals surface area contributed by atoms with Crippen molar-refractivity contribution in [1.29, 1.82) is 0 Å². The molecule has 0 fully saturated rings. The Bertz CT molecular complexity index is 320. The maximum Gasteiger partial charge on any atom is 0.0291 e. The summed E-state index contributed by atoms with van der Waals surface area (Å²) in [5, 5.41) is 3.62. The van der Waals surface area contributed by atoms with Crippen molar-refractivity contribution in [3.63, 3.8) is 0 Å². The summed E-state index contributed by atoms with van der Waals surface area (Å²) in [5.41, 5.74) is 1.39. The molecule has 0 saturated heterocycles. The lowest BCUT2D eigenvalue weighted by atomic mass is 10.1. The molecule has 0 aliphatic heterocycles. The summed E-state index contributed by atoms with van der Waals surface area (Å²) in [5.74, 6) is 0. The topological polar surface area (TPSA) is 12.0 Å². The molecule has 120 valence electrons. The van der Waals surface area contributed by atoms with Gasteiger partial charge >= 0.3 is 0 Å². The van der Waals surface area contributed by atoms with Crippen LogP contribution in [0, 0.1) is 0 Å². The van der Waals surface area contributed by atoms with Crippen LogP contribution in [0.3, 0.4) is 0 Å². The van der Waals surface area contributed by atoms with Crippen LogP contribution < -0.4 is 5.32 Å². The minimum atomic E-state index is 0.477. The van der Waals surface area contributed by atoms with Gasteiger partial charge in [0.25, 0.3) is 0 Å². The third-order valence-corrected chi connectivity index (χ3v) is 4.28. The third kappa shape index (κ3) is 9.68. The Morgan fingerprint density at radius 3 is 1.86 bits per heavy atom. The van der Waals surface area contributed by atoms with E-state index in [9.17, 15) is 0 Å². The van der Waals surface area contributed by atoms with Gasteiger partial charge in [-0.2, -0.15) is 0 Å². The molecule has 0 saturated carbocycles. The molecule has 0 aliphatic rings. The quantitative estimate of drug-likeness (QED) is 0.423. The van der Waals surface area contributed by atoms with Crippen LogP contribution >= 0.6 is 0 Å². The van der Waals surface area contributed by atoms with Crippen LogP contribution in [0.2, 0.25) is 0 Å². The van der Waals surface area contributed by atoms with Gasteiger partial charge in [0.1, 0.15) is 0 Å². The summed E-state index contributed by atoms with van der Waals surface area (Å²) in [6.45, 7) is 5.69. The van der Waals surface area contributed by atoms with Gasteiger partial charge in [-0.25, -0.2) is 0 Å². The van der Waals surface area contributed by atoms with Crippen molar-refractivity contribution in [2.75, 3.05) is 6.54 Å². The summed E-state index contributed by atoms with van der Waals surface area (Å²) >= 11 is 0. The number of benzene rings is 1. The van der Waals surface area contributed by atoms with Crippen LogP contribution in [-0.2, 0) is 0 Å². The molecule has 0 heterocycles. The minimum absolute atomic E-state index is 0.477. The van der Waals surface area contributed by atoms with Crippen molar-refractivity contribution in [2.24, 2.45) is 0 Å². The fraction of sp³-hybridized carbons (Fsp3) is 0.700. The second kappa shape index (κ2) is 12.9.